The number of hydrogen-bond donors (Lipinski definition) is 5. The molecule has 5 N–H and O–H groups in total. The van der Waals surface area contributed by atoms with Gasteiger partial charge in [-0.2, -0.15) is 0 Å². The van der Waals surface area contributed by atoms with Crippen molar-refractivity contribution in [2.75, 3.05) is 88.5 Å². The minimum Gasteiger partial charge on any atom is -0.464 e. The summed E-state index contributed by atoms with van der Waals surface area (Å²) in [5.41, 5.74) is 0.807. The molecule has 2 fully saturated rings. The van der Waals surface area contributed by atoms with Crippen molar-refractivity contribution in [1.82, 2.24) is 40.9 Å². The molecule has 2 aliphatic heterocycles. The number of alkyl carbamates (subject to hydrolysis) is 1. The van der Waals surface area contributed by atoms with E-state index in [9.17, 15) is 43.5 Å². The first kappa shape index (κ1) is 70.8. The molecule has 0 radical (unpaired) electrons. The number of carbonyl (C=O) groups excluding carboxylic acids is 8. The summed E-state index contributed by atoms with van der Waals surface area (Å²) >= 11 is 0. The molecule has 2 aliphatic rings. The van der Waals surface area contributed by atoms with Crippen molar-refractivity contribution < 1.29 is 71.9 Å². The van der Waals surface area contributed by atoms with Crippen LogP contribution in [0.1, 0.15) is 119 Å². The van der Waals surface area contributed by atoms with E-state index in [1.807, 2.05) is 97.8 Å². The molecule has 2 heterocycles. The molecular weight excluding hydrogens is 1060 g/mol. The molecule has 2 saturated heterocycles. The van der Waals surface area contributed by atoms with Gasteiger partial charge in [-0.15, -0.1) is 0 Å². The standard InChI is InChI=1S/C59H100N8O15/c1-15-39(7)52(65(11)57(74)50(37(3)4)63-56(73)51(38(5)6)64(9)10)46(77-12)34-48(70)66-30-20-25-44(66)53(79-14)40(8)54(71)62-43(33-41-23-18-17-19-24-41)55(72)60-28-22-32-80-58(75)45-26-21-31-67(45)47(69)27-29-61-59(76)81-36-49(78-13)82-42(16-2)35-68/h17-19,23-24,37-40,42-46,49-53,68H,15-16,20-22,25-36H2,1-14H3,(H,60,72)(H,61,76)(H,62,71)(H,63,73)/t39-,40+,42?,43-,44-,45-,46+,49?,50-,51-,52-,53+/m0/s1. The van der Waals surface area contributed by atoms with Crippen LogP contribution in [0.3, 0.4) is 0 Å². The molecule has 0 bridgehead atoms. The van der Waals surface area contributed by atoms with Crippen molar-refractivity contribution in [2.45, 2.75) is 180 Å². The van der Waals surface area contributed by atoms with Gasteiger partial charge >= 0.3 is 12.1 Å². The van der Waals surface area contributed by atoms with E-state index in [0.717, 1.165) is 5.56 Å². The lowest BCUT2D eigenvalue weighted by Crippen LogP contribution is -2.59. The first-order valence-electron chi connectivity index (χ1n) is 29.4. The van der Waals surface area contributed by atoms with E-state index in [0.29, 0.717) is 51.6 Å². The zero-order valence-corrected chi connectivity index (χ0v) is 51.4. The van der Waals surface area contributed by atoms with E-state index in [2.05, 4.69) is 21.3 Å². The van der Waals surface area contributed by atoms with Crippen molar-refractivity contribution in [2.24, 2.45) is 23.7 Å². The highest BCUT2D eigenvalue weighted by molar-refractivity contribution is 5.91. The predicted molar refractivity (Wildman–Crippen MR) is 308 cm³/mol. The summed E-state index contributed by atoms with van der Waals surface area (Å²) < 4.78 is 33.5. The number of nitrogens with one attached hydrogen (secondary N) is 4. The third kappa shape index (κ3) is 21.3. The highest BCUT2D eigenvalue weighted by atomic mass is 16.7. The topological polar surface area (TPSA) is 273 Å². The Labute approximate surface area is 487 Å². The van der Waals surface area contributed by atoms with Crippen LogP contribution in [0.25, 0.3) is 0 Å². The Balaban J connectivity index is 1.62. The zero-order valence-electron chi connectivity index (χ0n) is 51.4. The maximum absolute atomic E-state index is 14.5. The highest BCUT2D eigenvalue weighted by Crippen LogP contribution is 2.30. The van der Waals surface area contributed by atoms with Crippen molar-refractivity contribution in [3.8, 4) is 0 Å². The quantitative estimate of drug-likeness (QED) is 0.0367. The van der Waals surface area contributed by atoms with Gasteiger partial charge in [0.15, 0.2) is 6.29 Å². The summed E-state index contributed by atoms with van der Waals surface area (Å²) in [6.07, 6.45) is 0.153. The summed E-state index contributed by atoms with van der Waals surface area (Å²) in [4.78, 5) is 116. The van der Waals surface area contributed by atoms with E-state index in [1.54, 1.807) is 23.8 Å². The SMILES string of the molecule is CCC(CO)OC(COC(=O)NCCC(=O)N1CCC[C@H]1C(=O)OCCCNC(=O)[C@H](Cc1ccccc1)NC(=O)[C@H](C)[C@@H](OC)[C@@H]1CCCN1C(=O)C[C@@H](OC)[C@H]([C@@H](C)CC)N(C)C(=O)[C@@H](NC(=O)[C@H](C(C)C)N(C)C)C(C)C)OC. The number of hydrogen-bond acceptors (Lipinski definition) is 16. The lowest BCUT2D eigenvalue weighted by Gasteiger charge is -2.41. The summed E-state index contributed by atoms with van der Waals surface area (Å²) in [6.45, 7) is 15.7. The fourth-order valence-corrected chi connectivity index (χ4v) is 11.0. The van der Waals surface area contributed by atoms with Gasteiger partial charge in [0.05, 0.1) is 62.0 Å². The molecule has 2 unspecified atom stereocenters. The number of rotatable bonds is 36. The molecule has 3 rings (SSSR count). The van der Waals surface area contributed by atoms with Crippen molar-refractivity contribution >= 4 is 47.5 Å². The van der Waals surface area contributed by atoms with Crippen LogP contribution in [0.4, 0.5) is 4.79 Å². The van der Waals surface area contributed by atoms with Crippen LogP contribution in [0.15, 0.2) is 30.3 Å². The maximum Gasteiger partial charge on any atom is 0.407 e. The number of aliphatic hydroxyl groups excluding tert-OH is 1. The van der Waals surface area contributed by atoms with E-state index in [-0.39, 0.29) is 100.0 Å². The average molecular weight is 1160 g/mol. The number of likely N-dealkylation sites (N-methyl/N-ethyl adjacent to an activating group) is 2. The van der Waals surface area contributed by atoms with Crippen molar-refractivity contribution in [3.05, 3.63) is 35.9 Å². The second-order valence-electron chi connectivity index (χ2n) is 22.6. The van der Waals surface area contributed by atoms with Crippen LogP contribution in [-0.2, 0) is 68.4 Å². The smallest absolute Gasteiger partial charge is 0.407 e. The normalized spacial score (nSPS) is 19.0. The van der Waals surface area contributed by atoms with Crippen LogP contribution in [0.2, 0.25) is 0 Å². The molecule has 0 saturated carbocycles. The highest BCUT2D eigenvalue weighted by Gasteiger charge is 2.44. The molecule has 0 spiro atoms. The Morgan fingerprint density at radius 2 is 1.41 bits per heavy atom. The Hall–Kier alpha value is -5.46. The van der Waals surface area contributed by atoms with Crippen LogP contribution in [0, 0.1) is 23.7 Å². The number of aliphatic hydroxyl groups is 1. The summed E-state index contributed by atoms with van der Waals surface area (Å²) in [6, 6.07) is 5.19. The van der Waals surface area contributed by atoms with Crippen molar-refractivity contribution in [3.63, 3.8) is 0 Å². The Bertz CT molecular complexity index is 2140. The van der Waals surface area contributed by atoms with Crippen molar-refractivity contribution in [1.29, 1.82) is 0 Å². The summed E-state index contributed by atoms with van der Waals surface area (Å²) in [5.74, 6) is -3.66. The van der Waals surface area contributed by atoms with Crippen LogP contribution < -0.4 is 21.3 Å². The third-order valence-electron chi connectivity index (χ3n) is 15.8. The number of esters is 1. The predicted octanol–water partition coefficient (Wildman–Crippen LogP) is 3.28. The van der Waals surface area contributed by atoms with Gasteiger partial charge in [0.1, 0.15) is 24.7 Å². The fraction of sp³-hybridized carbons (Fsp3) is 0.763. The van der Waals surface area contributed by atoms with Gasteiger partial charge in [0.2, 0.25) is 35.4 Å². The lowest BCUT2D eigenvalue weighted by atomic mass is 9.89. The number of carbonyl (C=O) groups is 8. The molecule has 23 heteroatoms. The Morgan fingerprint density at radius 1 is 0.744 bits per heavy atom. The molecule has 82 heavy (non-hydrogen) atoms. The molecule has 7 amide bonds. The number of ether oxygens (including phenoxy) is 6. The number of methoxy groups -OCH3 is 3. The van der Waals surface area contributed by atoms with Gasteiger partial charge in [-0.05, 0) is 75.9 Å². The number of likely N-dealkylation sites (tertiary alicyclic amines) is 2. The van der Waals surface area contributed by atoms with Gasteiger partial charge < -0.3 is 69.5 Å². The second kappa shape index (κ2) is 36.3. The van der Waals surface area contributed by atoms with E-state index in [1.165, 1.54) is 26.2 Å². The molecule has 12 atom stereocenters. The van der Waals surface area contributed by atoms with Gasteiger partial charge in [0, 0.05) is 67.4 Å². The molecule has 0 aliphatic carbocycles. The minimum atomic E-state index is -0.997. The van der Waals surface area contributed by atoms with Gasteiger partial charge in [-0.1, -0.05) is 92.1 Å². The zero-order chi connectivity index (χ0) is 61.2. The minimum absolute atomic E-state index is 0.00483. The molecular formula is C59H100N8O15. The lowest BCUT2D eigenvalue weighted by molar-refractivity contribution is -0.181. The fourth-order valence-electron chi connectivity index (χ4n) is 11.0. The monoisotopic (exact) mass is 1160 g/mol. The largest absolute Gasteiger partial charge is 0.464 e. The Morgan fingerprint density at radius 3 is 2.00 bits per heavy atom. The molecule has 23 nitrogen and oxygen atoms in total. The van der Waals surface area contributed by atoms with Gasteiger partial charge in [0.25, 0.3) is 0 Å². The first-order chi connectivity index (χ1) is 39.0. The van der Waals surface area contributed by atoms with Gasteiger partial charge in [-0.3, -0.25) is 33.7 Å². The summed E-state index contributed by atoms with van der Waals surface area (Å²) in [5, 5.41) is 20.7. The molecule has 1 aromatic rings. The summed E-state index contributed by atoms with van der Waals surface area (Å²) in [7, 11) is 9.80. The van der Waals surface area contributed by atoms with Crippen LogP contribution >= 0.6 is 0 Å². The van der Waals surface area contributed by atoms with E-state index >= 15 is 0 Å². The van der Waals surface area contributed by atoms with E-state index in [4.69, 9.17) is 28.4 Å². The molecule has 466 valence electrons. The maximum atomic E-state index is 14.5. The van der Waals surface area contributed by atoms with Gasteiger partial charge in [-0.25, -0.2) is 9.59 Å². The van der Waals surface area contributed by atoms with Crippen LogP contribution in [0.5, 0.6) is 0 Å². The number of benzene rings is 1. The first-order valence-corrected chi connectivity index (χ1v) is 29.4. The van der Waals surface area contributed by atoms with Crippen LogP contribution in [-0.4, -0.2) is 222 Å². The Kier molecular flexibility index (Phi) is 31.3. The third-order valence-corrected chi connectivity index (χ3v) is 15.8. The van der Waals surface area contributed by atoms with E-state index < -0.39 is 90.6 Å². The molecule has 1 aromatic carbocycles. The average Bonchev–Trinajstić information content (AvgIpc) is 4.28. The molecule has 0 aromatic heterocycles. The second-order valence-corrected chi connectivity index (χ2v) is 22.6. The number of amides is 7. The number of nitrogens with zero attached hydrogens (tertiary/aromatic N) is 4.